The summed E-state index contributed by atoms with van der Waals surface area (Å²) in [4.78, 5) is 4.06. The van der Waals surface area contributed by atoms with Gasteiger partial charge in [-0.3, -0.25) is 0 Å². The van der Waals surface area contributed by atoms with Crippen molar-refractivity contribution in [3.63, 3.8) is 0 Å². The van der Waals surface area contributed by atoms with E-state index in [2.05, 4.69) is 10.1 Å². The second-order valence-electron chi connectivity index (χ2n) is 2.58. The summed E-state index contributed by atoms with van der Waals surface area (Å²) in [6, 6.07) is -0.176. The standard InChI is InChI=1S/C7H13N3O2/c1-5(8)7-9-6(12-10-7)3-4-11-2/h5H,3-4,8H2,1-2H3. The normalized spacial score (nSPS) is 13.2. The van der Waals surface area contributed by atoms with Gasteiger partial charge in [-0.15, -0.1) is 0 Å². The average Bonchev–Trinajstić information content (AvgIpc) is 2.48. The summed E-state index contributed by atoms with van der Waals surface area (Å²) in [5, 5.41) is 3.70. The molecule has 1 heterocycles. The Bertz CT molecular complexity index is 234. The molecule has 0 saturated heterocycles. The molecule has 1 unspecified atom stereocenters. The molecule has 0 saturated carbocycles. The summed E-state index contributed by atoms with van der Waals surface area (Å²) in [6.07, 6.45) is 0.635. The Morgan fingerprint density at radius 3 is 2.92 bits per heavy atom. The van der Waals surface area contributed by atoms with Gasteiger partial charge < -0.3 is 15.0 Å². The molecule has 0 fully saturated rings. The Hall–Kier alpha value is -0.940. The fourth-order valence-electron chi connectivity index (χ4n) is 0.744. The minimum absolute atomic E-state index is 0.176. The van der Waals surface area contributed by atoms with Gasteiger partial charge in [0.15, 0.2) is 5.82 Å². The third-order valence-corrected chi connectivity index (χ3v) is 1.41. The number of aromatic nitrogens is 2. The van der Waals surface area contributed by atoms with Crippen molar-refractivity contribution < 1.29 is 9.26 Å². The zero-order valence-electron chi connectivity index (χ0n) is 7.28. The molecule has 0 aliphatic carbocycles. The molecule has 68 valence electrons. The monoisotopic (exact) mass is 171 g/mol. The molecule has 0 aliphatic rings. The number of nitrogens with zero attached hydrogens (tertiary/aromatic N) is 2. The van der Waals surface area contributed by atoms with Crippen LogP contribution in [0.3, 0.4) is 0 Å². The Morgan fingerprint density at radius 1 is 1.67 bits per heavy atom. The fourth-order valence-corrected chi connectivity index (χ4v) is 0.744. The molecule has 0 amide bonds. The molecule has 0 aromatic carbocycles. The van der Waals surface area contributed by atoms with Gasteiger partial charge in [-0.05, 0) is 6.92 Å². The minimum atomic E-state index is -0.176. The van der Waals surface area contributed by atoms with Gasteiger partial charge in [0, 0.05) is 7.11 Å². The van der Waals surface area contributed by atoms with Crippen molar-refractivity contribution in [2.75, 3.05) is 13.7 Å². The quantitative estimate of drug-likeness (QED) is 0.704. The van der Waals surface area contributed by atoms with Gasteiger partial charge in [0.2, 0.25) is 5.89 Å². The fraction of sp³-hybridized carbons (Fsp3) is 0.714. The zero-order chi connectivity index (χ0) is 8.97. The number of nitrogens with two attached hydrogens (primary N) is 1. The summed E-state index contributed by atoms with van der Waals surface area (Å²) < 4.78 is 9.76. The van der Waals surface area contributed by atoms with Crippen LogP contribution in [0, 0.1) is 0 Å². The molecule has 1 rings (SSSR count). The molecular weight excluding hydrogens is 158 g/mol. The van der Waals surface area contributed by atoms with E-state index < -0.39 is 0 Å². The van der Waals surface area contributed by atoms with Gasteiger partial charge in [-0.2, -0.15) is 4.98 Å². The van der Waals surface area contributed by atoms with Crippen molar-refractivity contribution in [1.82, 2.24) is 10.1 Å². The van der Waals surface area contributed by atoms with E-state index in [0.717, 1.165) is 0 Å². The lowest BCUT2D eigenvalue weighted by atomic mass is 10.3. The van der Waals surface area contributed by atoms with Crippen LogP contribution in [0.15, 0.2) is 4.52 Å². The maximum absolute atomic E-state index is 5.54. The van der Waals surface area contributed by atoms with E-state index in [1.54, 1.807) is 7.11 Å². The molecule has 0 radical (unpaired) electrons. The van der Waals surface area contributed by atoms with E-state index in [4.69, 9.17) is 15.0 Å². The van der Waals surface area contributed by atoms with Crippen LogP contribution in [0.25, 0.3) is 0 Å². The average molecular weight is 171 g/mol. The van der Waals surface area contributed by atoms with Crippen molar-refractivity contribution in [3.8, 4) is 0 Å². The molecule has 12 heavy (non-hydrogen) atoms. The molecule has 0 aliphatic heterocycles. The highest BCUT2D eigenvalue weighted by molar-refractivity contribution is 4.90. The van der Waals surface area contributed by atoms with Gasteiger partial charge in [0.25, 0.3) is 0 Å². The number of methoxy groups -OCH3 is 1. The highest BCUT2D eigenvalue weighted by atomic mass is 16.5. The van der Waals surface area contributed by atoms with E-state index in [1.165, 1.54) is 0 Å². The van der Waals surface area contributed by atoms with E-state index in [0.29, 0.717) is 24.7 Å². The van der Waals surface area contributed by atoms with Crippen LogP contribution in [-0.2, 0) is 11.2 Å². The van der Waals surface area contributed by atoms with Gasteiger partial charge in [-0.25, -0.2) is 0 Å². The number of hydrogen-bond donors (Lipinski definition) is 1. The minimum Gasteiger partial charge on any atom is -0.384 e. The summed E-state index contributed by atoms with van der Waals surface area (Å²) in [5.41, 5.74) is 5.54. The van der Waals surface area contributed by atoms with Gasteiger partial charge in [0.05, 0.1) is 19.1 Å². The van der Waals surface area contributed by atoms with Gasteiger partial charge in [0.1, 0.15) is 0 Å². The molecule has 0 bridgehead atoms. The molecule has 1 aromatic rings. The first-order valence-electron chi connectivity index (χ1n) is 3.81. The molecule has 5 nitrogen and oxygen atoms in total. The first-order valence-corrected chi connectivity index (χ1v) is 3.81. The van der Waals surface area contributed by atoms with Crippen LogP contribution in [0.2, 0.25) is 0 Å². The predicted molar refractivity (Wildman–Crippen MR) is 42.5 cm³/mol. The van der Waals surface area contributed by atoms with Crippen LogP contribution in [0.5, 0.6) is 0 Å². The van der Waals surface area contributed by atoms with E-state index in [1.807, 2.05) is 6.92 Å². The summed E-state index contributed by atoms with van der Waals surface area (Å²) in [7, 11) is 1.63. The second kappa shape index (κ2) is 4.18. The lowest BCUT2D eigenvalue weighted by Gasteiger charge is -1.93. The molecule has 5 heteroatoms. The number of hydrogen-bond acceptors (Lipinski definition) is 5. The Balaban J connectivity index is 2.52. The van der Waals surface area contributed by atoms with Crippen LogP contribution < -0.4 is 5.73 Å². The summed E-state index contributed by atoms with van der Waals surface area (Å²) >= 11 is 0. The third kappa shape index (κ3) is 2.28. The lowest BCUT2D eigenvalue weighted by Crippen LogP contribution is -2.07. The largest absolute Gasteiger partial charge is 0.384 e. The van der Waals surface area contributed by atoms with Crippen LogP contribution >= 0.6 is 0 Å². The Labute approximate surface area is 70.9 Å². The van der Waals surface area contributed by atoms with Crippen molar-refractivity contribution in [2.24, 2.45) is 5.73 Å². The third-order valence-electron chi connectivity index (χ3n) is 1.41. The highest BCUT2D eigenvalue weighted by Crippen LogP contribution is 2.04. The van der Waals surface area contributed by atoms with Gasteiger partial charge in [-0.1, -0.05) is 5.16 Å². The van der Waals surface area contributed by atoms with Crippen LogP contribution in [0.4, 0.5) is 0 Å². The Kier molecular flexibility index (Phi) is 3.19. The Morgan fingerprint density at radius 2 is 2.42 bits per heavy atom. The molecule has 1 atom stereocenters. The highest BCUT2D eigenvalue weighted by Gasteiger charge is 2.08. The van der Waals surface area contributed by atoms with E-state index >= 15 is 0 Å². The maximum Gasteiger partial charge on any atom is 0.229 e. The SMILES string of the molecule is COCCc1nc(C(C)N)no1. The van der Waals surface area contributed by atoms with Crippen LogP contribution in [0.1, 0.15) is 24.7 Å². The van der Waals surface area contributed by atoms with E-state index in [9.17, 15) is 0 Å². The van der Waals surface area contributed by atoms with Gasteiger partial charge >= 0.3 is 0 Å². The summed E-state index contributed by atoms with van der Waals surface area (Å²) in [6.45, 7) is 2.39. The molecule has 2 N–H and O–H groups in total. The van der Waals surface area contributed by atoms with Crippen molar-refractivity contribution in [2.45, 2.75) is 19.4 Å². The van der Waals surface area contributed by atoms with Crippen molar-refractivity contribution in [1.29, 1.82) is 0 Å². The molecule has 0 spiro atoms. The maximum atomic E-state index is 5.54. The first kappa shape index (κ1) is 9.15. The smallest absolute Gasteiger partial charge is 0.229 e. The number of rotatable bonds is 4. The topological polar surface area (TPSA) is 74.2 Å². The number of ether oxygens (including phenoxy) is 1. The zero-order valence-corrected chi connectivity index (χ0v) is 7.28. The first-order chi connectivity index (χ1) is 5.74. The molecule has 1 aromatic heterocycles. The summed E-state index contributed by atoms with van der Waals surface area (Å²) in [5.74, 6) is 1.12. The lowest BCUT2D eigenvalue weighted by molar-refractivity contribution is 0.192. The van der Waals surface area contributed by atoms with Crippen molar-refractivity contribution >= 4 is 0 Å². The molecular formula is C7H13N3O2. The predicted octanol–water partition coefficient (Wildman–Crippen LogP) is 0.278. The van der Waals surface area contributed by atoms with Crippen LogP contribution in [-0.4, -0.2) is 23.9 Å². The van der Waals surface area contributed by atoms with Crippen molar-refractivity contribution in [3.05, 3.63) is 11.7 Å². The van der Waals surface area contributed by atoms with E-state index in [-0.39, 0.29) is 6.04 Å². The second-order valence-corrected chi connectivity index (χ2v) is 2.58.